The molecule has 0 radical (unpaired) electrons. The highest BCUT2D eigenvalue weighted by atomic mass is 32.2. The van der Waals surface area contributed by atoms with Gasteiger partial charge in [0.15, 0.2) is 0 Å². The van der Waals surface area contributed by atoms with E-state index >= 15 is 0 Å². The minimum Gasteiger partial charge on any atom is -0.480 e. The van der Waals surface area contributed by atoms with Crippen molar-refractivity contribution in [3.8, 4) is 0 Å². The van der Waals surface area contributed by atoms with Crippen molar-refractivity contribution >= 4 is 53.2 Å². The maximum Gasteiger partial charge on any atom is 0.327 e. The third-order valence-electron chi connectivity index (χ3n) is 8.00. The zero-order valence-corrected chi connectivity index (χ0v) is 30.0. The first-order valence-electron chi connectivity index (χ1n) is 16.2. The number of amides is 6. The lowest BCUT2D eigenvalue weighted by Crippen LogP contribution is -2.60. The van der Waals surface area contributed by atoms with Crippen LogP contribution in [0.15, 0.2) is 24.0 Å². The number of carbonyl (C=O) groups excluding carboxylic acids is 6. The van der Waals surface area contributed by atoms with Gasteiger partial charge in [0.25, 0.3) is 17.7 Å². The number of rotatable bonds is 16. The molecule has 1 aliphatic rings. The predicted octanol–water partition coefficient (Wildman–Crippen LogP) is -1.12. The van der Waals surface area contributed by atoms with Crippen molar-refractivity contribution in [2.45, 2.75) is 97.9 Å². The van der Waals surface area contributed by atoms with Gasteiger partial charge in [0.05, 0.1) is 5.70 Å². The van der Waals surface area contributed by atoms with Crippen molar-refractivity contribution in [2.75, 3.05) is 11.5 Å². The standard InChI is InChI=1S/C31H53N9O8S/c1-9-16(6)23(37-25(41)18(8)33-26(42)19(11-3)34-30(46)24(38-32)17(7)10-2)29(45)35-21-13-49-14-22(31(47)48)36-27(43)20(12-15(4)5)39-40-28(21)44/h11,15-17,20-24,38-39H,8-10,12-14,32H2,1-7H3,(H,33,42)(H,34,46)(H,35,45)(H,36,43)(H,37,41)(H,40,44)(H,47,48)/t16?,17-,20+,21?,22?,23+,24+/m1/s1. The number of nitrogens with two attached hydrogens (primary N) is 1. The smallest absolute Gasteiger partial charge is 0.327 e. The molecule has 0 bridgehead atoms. The number of hydrogen-bond donors (Lipinski definition) is 10. The van der Waals surface area contributed by atoms with Gasteiger partial charge in [-0.15, -0.1) is 0 Å². The number of hydrazine groups is 2. The number of hydrogen-bond acceptors (Lipinski definition) is 11. The molecule has 7 atom stereocenters. The molecular weight excluding hydrogens is 658 g/mol. The second kappa shape index (κ2) is 21.2. The van der Waals surface area contributed by atoms with Crippen LogP contribution in [0, 0.1) is 17.8 Å². The predicted molar refractivity (Wildman–Crippen MR) is 184 cm³/mol. The third kappa shape index (κ3) is 13.8. The van der Waals surface area contributed by atoms with Gasteiger partial charge in [-0.05, 0) is 31.1 Å². The number of nitrogens with one attached hydrogen (secondary N) is 8. The molecule has 1 rings (SSSR count). The largest absolute Gasteiger partial charge is 0.480 e. The summed E-state index contributed by atoms with van der Waals surface area (Å²) in [6, 6.07) is -5.30. The zero-order valence-electron chi connectivity index (χ0n) is 29.2. The molecule has 0 spiro atoms. The fraction of sp³-hybridized carbons (Fsp3) is 0.645. The van der Waals surface area contributed by atoms with Crippen LogP contribution in [0.2, 0.25) is 0 Å². The molecule has 1 saturated heterocycles. The maximum atomic E-state index is 13.6. The van der Waals surface area contributed by atoms with E-state index in [2.05, 4.69) is 49.4 Å². The van der Waals surface area contributed by atoms with Gasteiger partial charge in [-0.25, -0.2) is 15.6 Å². The number of aliphatic carboxylic acids is 1. The van der Waals surface area contributed by atoms with Crippen molar-refractivity contribution in [3.05, 3.63) is 24.0 Å². The van der Waals surface area contributed by atoms with E-state index < -0.39 is 83.2 Å². The quantitative estimate of drug-likeness (QED) is 0.0519. The van der Waals surface area contributed by atoms with Gasteiger partial charge < -0.3 is 31.7 Å². The highest BCUT2D eigenvalue weighted by molar-refractivity contribution is 7.99. The van der Waals surface area contributed by atoms with Crippen LogP contribution in [0.5, 0.6) is 0 Å². The SMILES string of the molecule is C=C(NC(=O)C(=CC)NC(=O)[C@@H](NN)[C@H](C)CC)C(=O)N[C@H](C(=O)NC1CSCC(C(=O)O)NC(=O)[C@H](CC(C)C)NNC1=O)C(C)CC. The number of thioether (sulfide) groups is 1. The first-order valence-corrected chi connectivity index (χ1v) is 17.4. The fourth-order valence-corrected chi connectivity index (χ4v) is 5.61. The van der Waals surface area contributed by atoms with Gasteiger partial charge in [-0.3, -0.25) is 40.0 Å². The summed E-state index contributed by atoms with van der Waals surface area (Å²) in [5, 5.41) is 22.1. The number of carbonyl (C=O) groups is 7. The molecule has 0 aromatic heterocycles. The summed E-state index contributed by atoms with van der Waals surface area (Å²) in [7, 11) is 0. The van der Waals surface area contributed by atoms with Crippen molar-refractivity contribution in [3.63, 3.8) is 0 Å². The Balaban J connectivity index is 3.08. The second-order valence-corrected chi connectivity index (χ2v) is 13.4. The van der Waals surface area contributed by atoms with Crippen molar-refractivity contribution in [1.82, 2.24) is 42.9 Å². The van der Waals surface area contributed by atoms with E-state index in [-0.39, 0.29) is 35.5 Å². The van der Waals surface area contributed by atoms with Crippen molar-refractivity contribution in [1.29, 1.82) is 0 Å². The maximum absolute atomic E-state index is 13.6. The van der Waals surface area contributed by atoms with Gasteiger partial charge >= 0.3 is 5.97 Å². The molecule has 6 amide bonds. The lowest BCUT2D eigenvalue weighted by Gasteiger charge is -2.27. The molecule has 49 heavy (non-hydrogen) atoms. The average molecular weight is 712 g/mol. The van der Waals surface area contributed by atoms with Crippen LogP contribution >= 0.6 is 11.8 Å². The van der Waals surface area contributed by atoms with Gasteiger partial charge in [0.2, 0.25) is 17.7 Å². The molecule has 1 fully saturated rings. The Labute approximate surface area is 291 Å². The molecule has 0 aromatic rings. The molecule has 0 saturated carbocycles. The van der Waals surface area contributed by atoms with Crippen LogP contribution in [-0.2, 0) is 33.6 Å². The van der Waals surface area contributed by atoms with Crippen LogP contribution in [0.25, 0.3) is 0 Å². The highest BCUT2D eigenvalue weighted by Gasteiger charge is 2.33. The molecule has 18 heteroatoms. The van der Waals surface area contributed by atoms with E-state index in [0.29, 0.717) is 12.8 Å². The Morgan fingerprint density at radius 1 is 0.959 bits per heavy atom. The minimum absolute atomic E-state index is 0.0247. The molecule has 1 aliphatic heterocycles. The van der Waals surface area contributed by atoms with E-state index in [0.717, 1.165) is 11.8 Å². The Kier molecular flexibility index (Phi) is 18.6. The normalized spacial score (nSPS) is 21.4. The molecular formula is C31H53N9O8S. The van der Waals surface area contributed by atoms with Gasteiger partial charge in [-0.2, -0.15) is 11.8 Å². The van der Waals surface area contributed by atoms with E-state index in [9.17, 15) is 38.7 Å². The lowest BCUT2D eigenvalue weighted by atomic mass is 9.97. The van der Waals surface area contributed by atoms with E-state index in [1.165, 1.54) is 13.0 Å². The Hall–Kier alpha value is -4.00. The van der Waals surface area contributed by atoms with Gasteiger partial charge in [0.1, 0.15) is 35.9 Å². The molecule has 0 aliphatic carbocycles. The van der Waals surface area contributed by atoms with E-state index in [4.69, 9.17) is 5.84 Å². The molecule has 3 unspecified atom stereocenters. The summed E-state index contributed by atoms with van der Waals surface area (Å²) in [6.07, 6.45) is 2.71. The summed E-state index contributed by atoms with van der Waals surface area (Å²) in [5.41, 5.74) is 6.99. The van der Waals surface area contributed by atoms with E-state index in [1.807, 2.05) is 27.7 Å². The van der Waals surface area contributed by atoms with Gasteiger partial charge in [0, 0.05) is 11.5 Å². The molecule has 11 N–H and O–H groups in total. The van der Waals surface area contributed by atoms with Gasteiger partial charge in [-0.1, -0.05) is 67.0 Å². The summed E-state index contributed by atoms with van der Waals surface area (Å²) in [5.74, 6) is -0.653. The molecule has 1 heterocycles. The number of allylic oxidation sites excluding steroid dienone is 1. The third-order valence-corrected chi connectivity index (χ3v) is 9.13. The monoisotopic (exact) mass is 711 g/mol. The summed E-state index contributed by atoms with van der Waals surface area (Å²) in [4.78, 5) is 90.1. The highest BCUT2D eigenvalue weighted by Crippen LogP contribution is 2.13. The lowest BCUT2D eigenvalue weighted by molar-refractivity contribution is -0.141. The second-order valence-electron chi connectivity index (χ2n) is 12.3. The minimum atomic E-state index is -1.25. The average Bonchev–Trinajstić information content (AvgIpc) is 3.07. The first-order chi connectivity index (χ1) is 23.0. The number of carboxylic acid groups (broad SMARTS) is 1. The van der Waals surface area contributed by atoms with Crippen LogP contribution in [0.3, 0.4) is 0 Å². The Morgan fingerprint density at radius 2 is 1.57 bits per heavy atom. The van der Waals surface area contributed by atoms with E-state index in [1.54, 1.807) is 13.8 Å². The van der Waals surface area contributed by atoms with Crippen LogP contribution in [0.4, 0.5) is 0 Å². The Morgan fingerprint density at radius 3 is 2.10 bits per heavy atom. The summed E-state index contributed by atoms with van der Waals surface area (Å²) < 4.78 is 0. The molecule has 0 aromatic carbocycles. The van der Waals surface area contributed by atoms with Crippen LogP contribution < -0.4 is 48.7 Å². The molecule has 17 nitrogen and oxygen atoms in total. The zero-order chi connectivity index (χ0) is 37.4. The summed E-state index contributed by atoms with van der Waals surface area (Å²) >= 11 is 1.04. The van der Waals surface area contributed by atoms with Crippen molar-refractivity contribution < 1.29 is 38.7 Å². The van der Waals surface area contributed by atoms with Crippen LogP contribution in [0.1, 0.15) is 67.7 Å². The van der Waals surface area contributed by atoms with Crippen molar-refractivity contribution in [2.24, 2.45) is 23.6 Å². The summed E-state index contributed by atoms with van der Waals surface area (Å²) in [6.45, 7) is 16.0. The fourth-order valence-electron chi connectivity index (χ4n) is 4.54. The number of carboxylic acids is 1. The Bertz CT molecular complexity index is 1260. The first kappa shape index (κ1) is 43.0. The molecule has 276 valence electrons. The topological polar surface area (TPSA) is 262 Å². The van der Waals surface area contributed by atoms with Crippen LogP contribution in [-0.4, -0.2) is 88.2 Å².